The third-order valence-electron chi connectivity index (χ3n) is 0.759. The highest BCUT2D eigenvalue weighted by Crippen LogP contribution is 1.77. The zero-order valence-corrected chi connectivity index (χ0v) is 7.35. The van der Waals surface area contributed by atoms with E-state index in [4.69, 9.17) is 0 Å². The second-order valence-electron chi connectivity index (χ2n) is 2.11. The second kappa shape index (κ2) is 4.30. The first-order valence-corrected chi connectivity index (χ1v) is 5.12. The summed E-state index contributed by atoms with van der Waals surface area (Å²) in [7, 11) is -3.35. The largest absolute Gasteiger partial charge is 0.528 e. The molecular formula is C5H12NO4S+. The first-order valence-electron chi connectivity index (χ1n) is 3.17. The monoisotopic (exact) mass is 182 g/mol. The highest BCUT2D eigenvalue weighted by atomic mass is 32.2. The minimum Gasteiger partial charge on any atom is -0.419 e. The molecule has 2 N–H and O–H groups in total. The number of sulfonamides is 1. The number of carbonyl (C=O) groups excluding carboxylic acids is 1. The van der Waals surface area contributed by atoms with E-state index in [1.807, 2.05) is 6.92 Å². The maximum atomic E-state index is 10.6. The maximum Gasteiger partial charge on any atom is 0.528 e. The molecule has 0 aliphatic heterocycles. The molecule has 0 aliphatic carbocycles. The van der Waals surface area contributed by atoms with Gasteiger partial charge in [0.05, 0.1) is 12.9 Å². The Balaban J connectivity index is 3.71. The number of hydrogen-bond donors (Lipinski definition) is 1. The van der Waals surface area contributed by atoms with Gasteiger partial charge in [-0.2, -0.15) is 13.2 Å². The van der Waals surface area contributed by atoms with Gasteiger partial charge >= 0.3 is 16.1 Å². The third kappa shape index (κ3) is 7.27. The Morgan fingerprint density at radius 1 is 1.55 bits per heavy atom. The van der Waals surface area contributed by atoms with Crippen LogP contribution in [0.2, 0.25) is 0 Å². The number of carbonyl (C=O) groups is 1. The molecule has 0 spiro atoms. The maximum absolute atomic E-state index is 10.6. The van der Waals surface area contributed by atoms with Crippen LogP contribution in [0.4, 0.5) is 4.79 Å². The molecule has 0 aromatic rings. The number of ether oxygens (including phenoxy) is 1. The van der Waals surface area contributed by atoms with Crippen molar-refractivity contribution in [1.82, 2.24) is 0 Å². The molecular weight excluding hydrogens is 170 g/mol. The van der Waals surface area contributed by atoms with Crippen LogP contribution in [0.5, 0.6) is 0 Å². The average Bonchev–Trinajstić information content (AvgIpc) is 1.79. The van der Waals surface area contributed by atoms with Crippen LogP contribution in [0.15, 0.2) is 0 Å². The van der Waals surface area contributed by atoms with Crippen molar-refractivity contribution in [3.63, 3.8) is 0 Å². The zero-order chi connectivity index (χ0) is 8.91. The number of hydrogen-bond acceptors (Lipinski definition) is 4. The van der Waals surface area contributed by atoms with E-state index in [9.17, 15) is 13.2 Å². The van der Waals surface area contributed by atoms with Crippen LogP contribution in [0.25, 0.3) is 0 Å². The lowest BCUT2D eigenvalue weighted by Gasteiger charge is -1.97. The summed E-state index contributed by atoms with van der Waals surface area (Å²) in [5.41, 5.74) is 0. The molecule has 0 aromatic carbocycles. The molecule has 0 aliphatic rings. The van der Waals surface area contributed by atoms with Crippen LogP contribution >= 0.6 is 0 Å². The van der Waals surface area contributed by atoms with Crippen LogP contribution in [0.1, 0.15) is 13.3 Å². The van der Waals surface area contributed by atoms with Crippen molar-refractivity contribution in [1.29, 1.82) is 0 Å². The van der Waals surface area contributed by atoms with Crippen LogP contribution in [0, 0.1) is 0 Å². The van der Waals surface area contributed by atoms with Gasteiger partial charge in [-0.05, 0) is 6.42 Å². The van der Waals surface area contributed by atoms with Crippen molar-refractivity contribution >= 4 is 16.1 Å². The van der Waals surface area contributed by atoms with Crippen molar-refractivity contribution in [2.24, 2.45) is 0 Å². The number of rotatable bonds is 3. The highest BCUT2D eigenvalue weighted by molar-refractivity contribution is 7.84. The summed E-state index contributed by atoms with van der Waals surface area (Å²) in [6.07, 6.45) is 0.832. The molecule has 0 unspecified atom stereocenters. The fourth-order valence-electron chi connectivity index (χ4n) is 0.411. The lowest BCUT2D eigenvalue weighted by molar-refractivity contribution is -0.406. The molecule has 0 fully saturated rings. The lowest BCUT2D eigenvalue weighted by Crippen LogP contribution is -2.90. The number of nitrogens with two attached hydrogens (primary N) is 1. The molecule has 0 bridgehead atoms. The molecule has 11 heavy (non-hydrogen) atoms. The number of amides is 1. The molecule has 0 radical (unpaired) electrons. The van der Waals surface area contributed by atoms with Gasteiger partial charge in [-0.3, -0.25) is 0 Å². The lowest BCUT2D eigenvalue weighted by atomic mass is 10.5. The standard InChI is InChI=1S/C5H11NO4S/c1-3-4-10-5(7)6-11(2,8)9/h3-4H2,1-2H3,(H,6,7)/p+1. The van der Waals surface area contributed by atoms with E-state index in [2.05, 4.69) is 4.74 Å². The highest BCUT2D eigenvalue weighted by Gasteiger charge is 2.14. The Morgan fingerprint density at radius 3 is 2.45 bits per heavy atom. The van der Waals surface area contributed by atoms with E-state index in [1.165, 1.54) is 0 Å². The molecule has 0 heterocycles. The summed E-state index contributed by atoms with van der Waals surface area (Å²) < 4.78 is 26.0. The van der Waals surface area contributed by atoms with E-state index in [-0.39, 0.29) is 6.61 Å². The minimum absolute atomic E-state index is 0.255. The first-order chi connectivity index (χ1) is 4.95. The quantitative estimate of drug-likeness (QED) is 0.611. The Morgan fingerprint density at radius 2 is 2.09 bits per heavy atom. The number of primary sulfonamides is 1. The van der Waals surface area contributed by atoms with Gasteiger partial charge in [0, 0.05) is 0 Å². The number of quaternary nitrogens is 1. The normalized spacial score (nSPS) is 11.1. The van der Waals surface area contributed by atoms with Crippen molar-refractivity contribution in [3.8, 4) is 0 Å². The van der Waals surface area contributed by atoms with E-state index in [0.717, 1.165) is 6.26 Å². The van der Waals surface area contributed by atoms with Gasteiger partial charge in [-0.15, -0.1) is 4.72 Å². The summed E-state index contributed by atoms with van der Waals surface area (Å²) in [5, 5.41) is 0. The SMILES string of the molecule is CCCOC(=O)[NH2+]S(C)(=O)=O. The predicted molar refractivity (Wildman–Crippen MR) is 38.4 cm³/mol. The van der Waals surface area contributed by atoms with Crippen molar-refractivity contribution in [2.75, 3.05) is 12.9 Å². The van der Waals surface area contributed by atoms with Crippen molar-refractivity contribution in [3.05, 3.63) is 0 Å². The molecule has 0 atom stereocenters. The molecule has 0 aromatic heterocycles. The third-order valence-corrected chi connectivity index (χ3v) is 1.38. The van der Waals surface area contributed by atoms with Crippen LogP contribution in [-0.4, -0.2) is 27.4 Å². The summed E-state index contributed by atoms with van der Waals surface area (Å²) in [6, 6.07) is 0. The molecule has 0 saturated carbocycles. The Kier molecular flexibility index (Phi) is 4.06. The molecule has 0 rings (SSSR count). The topological polar surface area (TPSA) is 77.0 Å². The van der Waals surface area contributed by atoms with Crippen LogP contribution < -0.4 is 4.72 Å². The Labute approximate surface area is 65.8 Å². The van der Waals surface area contributed by atoms with Gasteiger partial charge in [0.1, 0.15) is 0 Å². The van der Waals surface area contributed by atoms with Crippen LogP contribution in [-0.2, 0) is 14.8 Å². The van der Waals surface area contributed by atoms with Gasteiger partial charge in [0.25, 0.3) is 0 Å². The molecule has 6 heteroatoms. The van der Waals surface area contributed by atoms with Crippen LogP contribution in [0.3, 0.4) is 0 Å². The van der Waals surface area contributed by atoms with Crippen molar-refractivity contribution in [2.45, 2.75) is 13.3 Å². The summed E-state index contributed by atoms with van der Waals surface area (Å²) >= 11 is 0. The van der Waals surface area contributed by atoms with E-state index in [0.29, 0.717) is 11.1 Å². The number of primary amides is 1. The molecule has 66 valence electrons. The second-order valence-corrected chi connectivity index (χ2v) is 4.01. The fourth-order valence-corrected chi connectivity index (χ4v) is 0.829. The summed E-state index contributed by atoms with van der Waals surface area (Å²) in [5.74, 6) is 0. The molecule has 5 nitrogen and oxygen atoms in total. The molecule has 0 saturated heterocycles. The summed E-state index contributed by atoms with van der Waals surface area (Å²) in [6.45, 7) is 2.08. The first kappa shape index (κ1) is 10.4. The Hall–Kier alpha value is -0.620. The van der Waals surface area contributed by atoms with Gasteiger partial charge in [0.2, 0.25) is 0 Å². The minimum atomic E-state index is -3.35. The van der Waals surface area contributed by atoms with E-state index < -0.39 is 16.1 Å². The van der Waals surface area contributed by atoms with E-state index >= 15 is 0 Å². The predicted octanol–water partition coefficient (Wildman–Crippen LogP) is -0.944. The molecule has 1 amide bonds. The smallest absolute Gasteiger partial charge is 0.419 e. The van der Waals surface area contributed by atoms with Gasteiger partial charge in [-0.1, -0.05) is 6.92 Å². The van der Waals surface area contributed by atoms with Gasteiger partial charge in [-0.25, -0.2) is 0 Å². The van der Waals surface area contributed by atoms with Crippen molar-refractivity contribution < 1.29 is 22.7 Å². The Bertz CT molecular complexity index is 221. The van der Waals surface area contributed by atoms with Gasteiger partial charge < -0.3 is 4.74 Å². The zero-order valence-electron chi connectivity index (χ0n) is 6.53. The van der Waals surface area contributed by atoms with Gasteiger partial charge in [0.15, 0.2) is 0 Å². The average molecular weight is 182 g/mol. The fraction of sp³-hybridized carbons (Fsp3) is 0.800. The van der Waals surface area contributed by atoms with E-state index in [1.54, 1.807) is 0 Å². The summed E-state index contributed by atoms with van der Waals surface area (Å²) in [4.78, 5) is 10.6.